The van der Waals surface area contributed by atoms with Crippen molar-refractivity contribution in [2.24, 2.45) is 0 Å². The molecular formula is C24H29N5O3S2. The van der Waals surface area contributed by atoms with Crippen LogP contribution < -0.4 is 4.90 Å². The fraction of sp³-hybridized carbons (Fsp3) is 0.417. The molecule has 3 aromatic rings. The molecule has 1 aliphatic heterocycles. The molecule has 3 heterocycles. The number of carbonyl (C=O) groups excluding carboxylic acids is 1. The van der Waals surface area contributed by atoms with Crippen LogP contribution in [-0.4, -0.2) is 68.2 Å². The van der Waals surface area contributed by atoms with Gasteiger partial charge in [-0.05, 0) is 39.8 Å². The molecule has 0 spiro atoms. The molecule has 1 aromatic carbocycles. The second kappa shape index (κ2) is 9.79. The van der Waals surface area contributed by atoms with E-state index >= 15 is 0 Å². The van der Waals surface area contributed by atoms with E-state index in [9.17, 15) is 9.00 Å². The van der Waals surface area contributed by atoms with Crippen LogP contribution in [0.4, 0.5) is 9.93 Å². The van der Waals surface area contributed by atoms with E-state index in [2.05, 4.69) is 33.9 Å². The van der Waals surface area contributed by atoms with Crippen LogP contribution in [0, 0.1) is 6.92 Å². The first-order chi connectivity index (χ1) is 16.1. The van der Waals surface area contributed by atoms with E-state index in [1.54, 1.807) is 28.7 Å². The summed E-state index contributed by atoms with van der Waals surface area (Å²) in [5, 5.41) is 1.17. The third kappa shape index (κ3) is 5.61. The summed E-state index contributed by atoms with van der Waals surface area (Å²) in [6.45, 7) is 10.1. The van der Waals surface area contributed by atoms with Crippen LogP contribution in [0.25, 0.3) is 21.8 Å². The standard InChI is InChI=1S/C24H29N5O3S2/c1-16-7-6-8-17(15-16)19-20(18-9-10-25-21(26-18)34(5)31)33-22(27-19)28-11-13-29(14-12-28)23(30)32-24(2,3)4/h6-10,15H,11-14H2,1-5H3. The largest absolute Gasteiger partial charge is 0.444 e. The van der Waals surface area contributed by atoms with Crippen molar-refractivity contribution >= 4 is 33.4 Å². The third-order valence-corrected chi connectivity index (χ3v) is 7.08. The molecule has 0 N–H and O–H groups in total. The number of amides is 1. The SMILES string of the molecule is Cc1cccc(-c2nc(N3CCN(C(=O)OC(C)(C)C)CC3)sc2-c2ccnc(S(C)=O)n2)c1. The smallest absolute Gasteiger partial charge is 0.410 e. The monoisotopic (exact) mass is 499 g/mol. The summed E-state index contributed by atoms with van der Waals surface area (Å²) < 4.78 is 17.5. The Kier molecular flexibility index (Phi) is 6.99. The highest BCUT2D eigenvalue weighted by Crippen LogP contribution is 2.40. The molecule has 1 saturated heterocycles. The van der Waals surface area contributed by atoms with Gasteiger partial charge in [0.1, 0.15) is 5.60 Å². The van der Waals surface area contributed by atoms with E-state index in [0.29, 0.717) is 37.0 Å². The van der Waals surface area contributed by atoms with Gasteiger partial charge in [0, 0.05) is 44.2 Å². The molecule has 0 radical (unpaired) electrons. The average molecular weight is 500 g/mol. The molecule has 4 rings (SSSR count). The summed E-state index contributed by atoms with van der Waals surface area (Å²) in [4.78, 5) is 31.0. The highest BCUT2D eigenvalue weighted by Gasteiger charge is 2.28. The maximum atomic E-state index is 12.4. The molecule has 10 heteroatoms. The topological polar surface area (TPSA) is 88.5 Å². The lowest BCUT2D eigenvalue weighted by molar-refractivity contribution is 0.0240. The summed E-state index contributed by atoms with van der Waals surface area (Å²) in [5.74, 6) is 0. The summed E-state index contributed by atoms with van der Waals surface area (Å²) in [5.41, 5.74) is 3.17. The van der Waals surface area contributed by atoms with E-state index < -0.39 is 16.4 Å². The number of hydrogen-bond acceptors (Lipinski definition) is 8. The first-order valence-corrected chi connectivity index (χ1v) is 13.5. The van der Waals surface area contributed by atoms with Gasteiger partial charge < -0.3 is 14.5 Å². The number of ether oxygens (including phenoxy) is 1. The Morgan fingerprint density at radius 1 is 1.12 bits per heavy atom. The van der Waals surface area contributed by atoms with Crippen molar-refractivity contribution in [2.75, 3.05) is 37.3 Å². The fourth-order valence-electron chi connectivity index (χ4n) is 3.62. The minimum atomic E-state index is -1.28. The average Bonchev–Trinajstić information content (AvgIpc) is 3.24. The summed E-state index contributed by atoms with van der Waals surface area (Å²) in [6.07, 6.45) is 2.93. The van der Waals surface area contributed by atoms with E-state index in [1.165, 1.54) is 0 Å². The third-order valence-electron chi connectivity index (χ3n) is 5.23. The minimum Gasteiger partial charge on any atom is -0.444 e. The van der Waals surface area contributed by atoms with Gasteiger partial charge in [0.05, 0.1) is 27.1 Å². The number of piperazine rings is 1. The molecule has 1 atom stereocenters. The van der Waals surface area contributed by atoms with E-state index in [0.717, 1.165) is 26.8 Å². The Balaban J connectivity index is 1.64. The van der Waals surface area contributed by atoms with Gasteiger partial charge in [-0.25, -0.2) is 19.7 Å². The normalized spacial score (nSPS) is 15.3. The molecule has 0 saturated carbocycles. The Morgan fingerprint density at radius 3 is 2.50 bits per heavy atom. The number of nitrogens with zero attached hydrogens (tertiary/aromatic N) is 5. The molecule has 0 bridgehead atoms. The molecule has 1 amide bonds. The Labute approximate surface area is 206 Å². The van der Waals surface area contributed by atoms with Crippen molar-refractivity contribution in [3.05, 3.63) is 42.1 Å². The number of aryl methyl sites for hydroxylation is 1. The molecule has 0 aliphatic carbocycles. The summed E-state index contributed by atoms with van der Waals surface area (Å²) >= 11 is 1.55. The van der Waals surface area contributed by atoms with Crippen molar-refractivity contribution in [2.45, 2.75) is 38.5 Å². The zero-order valence-electron chi connectivity index (χ0n) is 20.1. The first kappa shape index (κ1) is 24.3. The van der Waals surface area contributed by atoms with Crippen LogP contribution in [0.5, 0.6) is 0 Å². The van der Waals surface area contributed by atoms with Gasteiger partial charge in [0.25, 0.3) is 0 Å². The van der Waals surface area contributed by atoms with Crippen LogP contribution >= 0.6 is 11.3 Å². The van der Waals surface area contributed by atoms with Gasteiger partial charge in [0.2, 0.25) is 5.16 Å². The molecule has 2 aromatic heterocycles. The summed E-state index contributed by atoms with van der Waals surface area (Å²) in [7, 11) is -1.28. The van der Waals surface area contributed by atoms with Crippen LogP contribution in [0.15, 0.2) is 41.7 Å². The maximum absolute atomic E-state index is 12.4. The van der Waals surface area contributed by atoms with Gasteiger partial charge in [-0.1, -0.05) is 35.1 Å². The van der Waals surface area contributed by atoms with E-state index in [4.69, 9.17) is 9.72 Å². The van der Waals surface area contributed by atoms with Crippen molar-refractivity contribution in [1.29, 1.82) is 0 Å². The van der Waals surface area contributed by atoms with Crippen LogP contribution in [0.2, 0.25) is 0 Å². The van der Waals surface area contributed by atoms with Crippen molar-refractivity contribution in [3.63, 3.8) is 0 Å². The van der Waals surface area contributed by atoms with Gasteiger partial charge in [-0.3, -0.25) is 4.21 Å². The molecular weight excluding hydrogens is 470 g/mol. The molecule has 1 fully saturated rings. The van der Waals surface area contributed by atoms with Crippen LogP contribution in [-0.2, 0) is 15.5 Å². The second-order valence-electron chi connectivity index (χ2n) is 9.18. The predicted molar refractivity (Wildman–Crippen MR) is 136 cm³/mol. The van der Waals surface area contributed by atoms with Crippen molar-refractivity contribution in [3.8, 4) is 21.8 Å². The highest BCUT2D eigenvalue weighted by atomic mass is 32.2. The maximum Gasteiger partial charge on any atom is 0.410 e. The van der Waals surface area contributed by atoms with E-state index in [1.807, 2.05) is 39.0 Å². The van der Waals surface area contributed by atoms with Crippen molar-refractivity contribution < 1.29 is 13.7 Å². The lowest BCUT2D eigenvalue weighted by atomic mass is 10.1. The fourth-order valence-corrected chi connectivity index (χ4v) is 5.16. The molecule has 180 valence electrons. The number of thiazole rings is 1. The Hall–Kier alpha value is -2.85. The quantitative estimate of drug-likeness (QED) is 0.493. The number of rotatable bonds is 4. The lowest BCUT2D eigenvalue weighted by Crippen LogP contribution is -2.50. The first-order valence-electron chi connectivity index (χ1n) is 11.1. The zero-order chi connectivity index (χ0) is 24.5. The van der Waals surface area contributed by atoms with Gasteiger partial charge in [-0.15, -0.1) is 0 Å². The number of benzene rings is 1. The van der Waals surface area contributed by atoms with E-state index in [-0.39, 0.29) is 6.09 Å². The summed E-state index contributed by atoms with van der Waals surface area (Å²) in [6, 6.07) is 10.0. The molecule has 8 nitrogen and oxygen atoms in total. The number of carbonyl (C=O) groups is 1. The highest BCUT2D eigenvalue weighted by molar-refractivity contribution is 7.84. The van der Waals surface area contributed by atoms with Crippen LogP contribution in [0.3, 0.4) is 0 Å². The molecule has 1 unspecified atom stereocenters. The Morgan fingerprint density at radius 2 is 1.85 bits per heavy atom. The zero-order valence-corrected chi connectivity index (χ0v) is 21.7. The Bertz CT molecular complexity index is 1210. The number of hydrogen-bond donors (Lipinski definition) is 0. The van der Waals surface area contributed by atoms with Gasteiger partial charge >= 0.3 is 6.09 Å². The van der Waals surface area contributed by atoms with Gasteiger partial charge in [-0.2, -0.15) is 0 Å². The van der Waals surface area contributed by atoms with Crippen molar-refractivity contribution in [1.82, 2.24) is 19.9 Å². The molecule has 1 aliphatic rings. The van der Waals surface area contributed by atoms with Gasteiger partial charge in [0.15, 0.2) is 5.13 Å². The predicted octanol–water partition coefficient (Wildman–Crippen LogP) is 4.37. The van der Waals surface area contributed by atoms with Crippen LogP contribution in [0.1, 0.15) is 26.3 Å². The minimum absolute atomic E-state index is 0.284. The molecule has 34 heavy (non-hydrogen) atoms. The lowest BCUT2D eigenvalue weighted by Gasteiger charge is -2.35. The second-order valence-corrected chi connectivity index (χ2v) is 11.4. The number of aromatic nitrogens is 3. The number of anilines is 1.